The molecular weight excluding hydrogens is 446 g/mol. The van der Waals surface area contributed by atoms with E-state index in [9.17, 15) is 4.79 Å². The monoisotopic (exact) mass is 487 g/mol. The molecule has 1 aromatic heterocycles. The molecular formula is C31H41N3O2. The van der Waals surface area contributed by atoms with E-state index >= 15 is 0 Å². The number of ketones is 1. The minimum atomic E-state index is 0.209. The SMILES string of the molecule is CCOc1ccccc1C(=O)CCCC1CCC(CCCc2nc(N(C)C)c3ccccc3n2)CC1. The first-order valence-electron chi connectivity index (χ1n) is 13.7. The third-order valence-corrected chi connectivity index (χ3v) is 7.54. The molecule has 0 bridgehead atoms. The number of aryl methyl sites for hydroxylation is 1. The molecule has 1 saturated carbocycles. The molecule has 2 aromatic carbocycles. The van der Waals surface area contributed by atoms with Crippen LogP contribution in [0, 0.1) is 11.8 Å². The van der Waals surface area contributed by atoms with Crippen molar-refractivity contribution in [2.24, 2.45) is 11.8 Å². The highest BCUT2D eigenvalue weighted by atomic mass is 16.5. The minimum Gasteiger partial charge on any atom is -0.493 e. The number of anilines is 1. The Kier molecular flexibility index (Phi) is 9.32. The van der Waals surface area contributed by atoms with Crippen molar-refractivity contribution in [3.05, 3.63) is 59.9 Å². The highest BCUT2D eigenvalue weighted by Crippen LogP contribution is 2.35. The van der Waals surface area contributed by atoms with Gasteiger partial charge in [0.05, 0.1) is 17.7 Å². The molecule has 0 amide bonds. The first-order valence-corrected chi connectivity index (χ1v) is 13.7. The van der Waals surface area contributed by atoms with E-state index in [1.807, 2.05) is 57.4 Å². The number of rotatable bonds is 12. The van der Waals surface area contributed by atoms with E-state index in [4.69, 9.17) is 14.7 Å². The predicted octanol–water partition coefficient (Wildman–Crippen LogP) is 7.28. The van der Waals surface area contributed by atoms with Crippen LogP contribution in [0.1, 0.15) is 80.9 Å². The van der Waals surface area contributed by atoms with Crippen LogP contribution in [0.5, 0.6) is 5.75 Å². The third-order valence-electron chi connectivity index (χ3n) is 7.54. The van der Waals surface area contributed by atoms with Crippen molar-refractivity contribution in [2.75, 3.05) is 25.6 Å². The van der Waals surface area contributed by atoms with Gasteiger partial charge in [0.2, 0.25) is 0 Å². The van der Waals surface area contributed by atoms with Crippen LogP contribution in [0.15, 0.2) is 48.5 Å². The van der Waals surface area contributed by atoms with Crippen LogP contribution in [-0.4, -0.2) is 36.5 Å². The number of benzene rings is 2. The van der Waals surface area contributed by atoms with E-state index in [2.05, 4.69) is 17.0 Å². The van der Waals surface area contributed by atoms with Crippen LogP contribution < -0.4 is 9.64 Å². The second-order valence-corrected chi connectivity index (χ2v) is 10.4. The zero-order valence-corrected chi connectivity index (χ0v) is 22.2. The van der Waals surface area contributed by atoms with Crippen LogP contribution in [0.2, 0.25) is 0 Å². The van der Waals surface area contributed by atoms with E-state index in [-0.39, 0.29) is 5.78 Å². The molecule has 3 aromatic rings. The van der Waals surface area contributed by atoms with Crippen molar-refractivity contribution in [3.8, 4) is 5.75 Å². The van der Waals surface area contributed by atoms with Gasteiger partial charge in [-0.2, -0.15) is 0 Å². The van der Waals surface area contributed by atoms with E-state index in [1.54, 1.807) is 0 Å². The van der Waals surface area contributed by atoms with Gasteiger partial charge >= 0.3 is 0 Å². The Labute approximate surface area is 216 Å². The zero-order chi connectivity index (χ0) is 25.3. The van der Waals surface area contributed by atoms with Crippen molar-refractivity contribution in [1.82, 2.24) is 9.97 Å². The number of carbonyl (C=O) groups is 1. The van der Waals surface area contributed by atoms with Gasteiger partial charge in [-0.05, 0) is 55.9 Å². The van der Waals surface area contributed by atoms with E-state index < -0.39 is 0 Å². The Hall–Kier alpha value is -2.95. The molecule has 5 nitrogen and oxygen atoms in total. The summed E-state index contributed by atoms with van der Waals surface area (Å²) in [5, 5.41) is 1.12. The van der Waals surface area contributed by atoms with Crippen molar-refractivity contribution < 1.29 is 9.53 Å². The average molecular weight is 488 g/mol. The molecule has 1 heterocycles. The van der Waals surface area contributed by atoms with Crippen LogP contribution in [0.3, 0.4) is 0 Å². The summed E-state index contributed by atoms with van der Waals surface area (Å²) in [4.78, 5) is 24.5. The predicted molar refractivity (Wildman–Crippen MR) is 148 cm³/mol. The maximum atomic E-state index is 12.7. The molecule has 36 heavy (non-hydrogen) atoms. The van der Waals surface area contributed by atoms with Crippen LogP contribution in [0.25, 0.3) is 10.9 Å². The molecule has 0 atom stereocenters. The number of aromatic nitrogens is 2. The molecule has 0 spiro atoms. The number of Topliss-reactive ketones (excluding diaryl/α,β-unsaturated/α-hetero) is 1. The summed E-state index contributed by atoms with van der Waals surface area (Å²) in [5.41, 5.74) is 1.77. The molecule has 0 unspecified atom stereocenters. The second kappa shape index (κ2) is 12.8. The smallest absolute Gasteiger partial charge is 0.166 e. The van der Waals surface area contributed by atoms with Gasteiger partial charge in [-0.1, -0.05) is 62.8 Å². The number of nitrogens with zero attached hydrogens (tertiary/aromatic N) is 3. The van der Waals surface area contributed by atoms with E-state index in [1.165, 1.54) is 32.1 Å². The Balaban J connectivity index is 1.18. The van der Waals surface area contributed by atoms with Crippen LogP contribution in [0.4, 0.5) is 5.82 Å². The number of carbonyl (C=O) groups excluding carboxylic acids is 1. The molecule has 1 aliphatic carbocycles. The average Bonchev–Trinajstić information content (AvgIpc) is 2.89. The topological polar surface area (TPSA) is 55.3 Å². The summed E-state index contributed by atoms with van der Waals surface area (Å²) < 4.78 is 5.63. The summed E-state index contributed by atoms with van der Waals surface area (Å²) in [7, 11) is 4.10. The van der Waals surface area contributed by atoms with Gasteiger partial charge in [0.25, 0.3) is 0 Å². The third kappa shape index (κ3) is 6.83. The lowest BCUT2D eigenvalue weighted by atomic mass is 9.78. The van der Waals surface area contributed by atoms with Crippen molar-refractivity contribution >= 4 is 22.5 Å². The Morgan fingerprint density at radius 1 is 0.917 bits per heavy atom. The molecule has 4 rings (SSSR count). The summed E-state index contributed by atoms with van der Waals surface area (Å²) in [6, 6.07) is 15.9. The van der Waals surface area contributed by atoms with E-state index in [0.29, 0.717) is 13.0 Å². The lowest BCUT2D eigenvalue weighted by molar-refractivity contribution is 0.0972. The first kappa shape index (κ1) is 26.1. The number of ether oxygens (including phenoxy) is 1. The van der Waals surface area contributed by atoms with E-state index in [0.717, 1.165) is 71.4 Å². The fourth-order valence-electron chi connectivity index (χ4n) is 5.58. The fraction of sp³-hybridized carbons (Fsp3) is 0.516. The Bertz CT molecular complexity index is 1140. The van der Waals surface area contributed by atoms with Gasteiger partial charge in [-0.3, -0.25) is 4.79 Å². The van der Waals surface area contributed by atoms with Crippen LogP contribution >= 0.6 is 0 Å². The standard InChI is InChI=1S/C31H41N3O2/c1-4-36-29-17-8-6-14-26(29)28(35)16-9-11-23-19-21-24(22-20-23)12-10-18-30-32-27-15-7-5-13-25(27)31(33-30)34(2)3/h5-8,13-15,17,23-24H,4,9-12,16,18-22H2,1-3H3. The Morgan fingerprint density at radius 3 is 2.31 bits per heavy atom. The summed E-state index contributed by atoms with van der Waals surface area (Å²) in [5.74, 6) is 4.48. The summed E-state index contributed by atoms with van der Waals surface area (Å²) in [6.07, 6.45) is 11.3. The highest BCUT2D eigenvalue weighted by molar-refractivity contribution is 5.98. The van der Waals surface area contributed by atoms with Gasteiger partial charge in [0.1, 0.15) is 17.4 Å². The number of fused-ring (bicyclic) bond motifs is 1. The molecule has 0 radical (unpaired) electrons. The maximum Gasteiger partial charge on any atom is 0.166 e. The summed E-state index contributed by atoms with van der Waals surface area (Å²) in [6.45, 7) is 2.54. The van der Waals surface area contributed by atoms with Crippen molar-refractivity contribution in [2.45, 2.75) is 71.1 Å². The minimum absolute atomic E-state index is 0.209. The second-order valence-electron chi connectivity index (χ2n) is 10.4. The molecule has 192 valence electrons. The number of hydrogen-bond acceptors (Lipinski definition) is 5. The molecule has 1 fully saturated rings. The van der Waals surface area contributed by atoms with Gasteiger partial charge in [0, 0.05) is 32.3 Å². The lowest BCUT2D eigenvalue weighted by Gasteiger charge is -2.28. The van der Waals surface area contributed by atoms with Crippen molar-refractivity contribution in [3.63, 3.8) is 0 Å². The number of para-hydroxylation sites is 2. The normalized spacial score (nSPS) is 17.8. The first-order chi connectivity index (χ1) is 17.5. The molecule has 5 heteroatoms. The van der Waals surface area contributed by atoms with Crippen LogP contribution in [-0.2, 0) is 6.42 Å². The molecule has 0 N–H and O–H groups in total. The van der Waals surface area contributed by atoms with Gasteiger partial charge in [0.15, 0.2) is 5.78 Å². The van der Waals surface area contributed by atoms with Crippen molar-refractivity contribution in [1.29, 1.82) is 0 Å². The molecule has 0 saturated heterocycles. The zero-order valence-electron chi connectivity index (χ0n) is 22.2. The Morgan fingerprint density at radius 2 is 1.58 bits per heavy atom. The van der Waals surface area contributed by atoms with Gasteiger partial charge in [-0.15, -0.1) is 0 Å². The number of hydrogen-bond donors (Lipinski definition) is 0. The largest absolute Gasteiger partial charge is 0.493 e. The molecule has 1 aliphatic rings. The lowest BCUT2D eigenvalue weighted by Crippen LogP contribution is -2.16. The van der Waals surface area contributed by atoms with Gasteiger partial charge < -0.3 is 9.64 Å². The maximum absolute atomic E-state index is 12.7. The summed E-state index contributed by atoms with van der Waals surface area (Å²) >= 11 is 0. The quantitative estimate of drug-likeness (QED) is 0.251. The fourth-order valence-corrected chi connectivity index (χ4v) is 5.58. The van der Waals surface area contributed by atoms with Gasteiger partial charge in [-0.25, -0.2) is 9.97 Å². The molecule has 0 aliphatic heterocycles. The highest BCUT2D eigenvalue weighted by Gasteiger charge is 2.21.